The summed E-state index contributed by atoms with van der Waals surface area (Å²) in [6.45, 7) is 3.16. The van der Waals surface area contributed by atoms with E-state index in [-0.39, 0.29) is 5.91 Å². The van der Waals surface area contributed by atoms with Crippen LogP contribution in [0.5, 0.6) is 11.5 Å². The Balaban J connectivity index is 1.53. The number of carbonyl (C=O) groups excluding carboxylic acids is 1. The van der Waals surface area contributed by atoms with E-state index in [0.29, 0.717) is 36.1 Å². The summed E-state index contributed by atoms with van der Waals surface area (Å²) in [5, 5.41) is 3.42. The second-order valence-corrected chi connectivity index (χ2v) is 7.29. The second-order valence-electron chi connectivity index (χ2n) is 7.29. The van der Waals surface area contributed by atoms with Gasteiger partial charge in [-0.1, -0.05) is 0 Å². The fourth-order valence-corrected chi connectivity index (χ4v) is 3.93. The van der Waals surface area contributed by atoms with Crippen molar-refractivity contribution in [1.29, 1.82) is 0 Å². The van der Waals surface area contributed by atoms with Gasteiger partial charge in [-0.15, -0.1) is 0 Å². The van der Waals surface area contributed by atoms with Crippen LogP contribution >= 0.6 is 0 Å². The lowest BCUT2D eigenvalue weighted by Gasteiger charge is -2.29. The van der Waals surface area contributed by atoms with Crippen molar-refractivity contribution in [3.63, 3.8) is 0 Å². The van der Waals surface area contributed by atoms with Crippen molar-refractivity contribution in [2.24, 2.45) is 0 Å². The first-order chi connectivity index (χ1) is 13.7. The number of nitrogens with one attached hydrogen (secondary N) is 1. The summed E-state index contributed by atoms with van der Waals surface area (Å²) in [6.07, 6.45) is 4.93. The number of carbonyl (C=O) groups is 1. The second kappa shape index (κ2) is 8.14. The molecule has 1 amide bonds. The van der Waals surface area contributed by atoms with Gasteiger partial charge in [0, 0.05) is 43.7 Å². The van der Waals surface area contributed by atoms with Crippen LogP contribution in [0, 0.1) is 0 Å². The Bertz CT molecular complexity index is 865. The van der Waals surface area contributed by atoms with Gasteiger partial charge in [0.15, 0.2) is 0 Å². The summed E-state index contributed by atoms with van der Waals surface area (Å²) < 4.78 is 10.6. The van der Waals surface area contributed by atoms with Crippen LogP contribution in [0.15, 0.2) is 24.4 Å². The zero-order valence-electron chi connectivity index (χ0n) is 16.4. The molecule has 0 spiro atoms. The molecule has 0 bridgehead atoms. The highest BCUT2D eigenvalue weighted by atomic mass is 16.5. The molecule has 1 N–H and O–H groups in total. The maximum absolute atomic E-state index is 13.1. The molecule has 1 atom stereocenters. The number of nitrogens with zero attached hydrogens (tertiary/aromatic N) is 3. The largest absolute Gasteiger partial charge is 0.497 e. The lowest BCUT2D eigenvalue weighted by atomic mass is 9.98. The molecule has 1 aromatic heterocycles. The molecule has 28 heavy (non-hydrogen) atoms. The molecular formula is C21H26N4O3. The Hall–Kier alpha value is -2.67. The van der Waals surface area contributed by atoms with Gasteiger partial charge in [-0.25, -0.2) is 9.97 Å². The third-order valence-corrected chi connectivity index (χ3v) is 5.54. The molecule has 1 saturated heterocycles. The molecule has 148 valence electrons. The Morgan fingerprint density at radius 2 is 2.18 bits per heavy atom. The van der Waals surface area contributed by atoms with E-state index in [2.05, 4.69) is 10.3 Å². The molecule has 2 aromatic rings. The third-order valence-electron chi connectivity index (χ3n) is 5.54. The number of amides is 1. The van der Waals surface area contributed by atoms with Crippen LogP contribution < -0.4 is 14.8 Å². The maximum atomic E-state index is 13.1. The van der Waals surface area contributed by atoms with E-state index < -0.39 is 0 Å². The summed E-state index contributed by atoms with van der Waals surface area (Å²) in [7, 11) is 3.16. The summed E-state index contributed by atoms with van der Waals surface area (Å²) in [4.78, 5) is 24.4. The van der Waals surface area contributed by atoms with Crippen LogP contribution in [0.3, 0.4) is 0 Å². The number of hydrogen-bond acceptors (Lipinski definition) is 6. The Labute approximate surface area is 165 Å². The van der Waals surface area contributed by atoms with Crippen molar-refractivity contribution >= 4 is 5.91 Å². The van der Waals surface area contributed by atoms with Gasteiger partial charge in [-0.05, 0) is 37.6 Å². The maximum Gasteiger partial charge on any atom is 0.258 e. The minimum atomic E-state index is -0.0676. The first-order valence-corrected chi connectivity index (χ1v) is 9.76. The molecule has 0 saturated carbocycles. The summed E-state index contributed by atoms with van der Waals surface area (Å²) in [5.74, 6) is 2.44. The van der Waals surface area contributed by atoms with E-state index in [0.717, 1.165) is 49.4 Å². The number of piperidine rings is 1. The molecule has 4 rings (SSSR count). The Morgan fingerprint density at radius 1 is 1.29 bits per heavy atom. The molecule has 0 aliphatic carbocycles. The van der Waals surface area contributed by atoms with E-state index in [1.165, 1.54) is 0 Å². The monoisotopic (exact) mass is 382 g/mol. The van der Waals surface area contributed by atoms with Gasteiger partial charge in [0.2, 0.25) is 0 Å². The molecule has 7 heteroatoms. The lowest BCUT2D eigenvalue weighted by Crippen LogP contribution is -2.37. The highest BCUT2D eigenvalue weighted by Gasteiger charge is 2.27. The predicted molar refractivity (Wildman–Crippen MR) is 105 cm³/mol. The minimum Gasteiger partial charge on any atom is -0.497 e. The summed E-state index contributed by atoms with van der Waals surface area (Å²) >= 11 is 0. The van der Waals surface area contributed by atoms with Crippen LogP contribution in [-0.2, 0) is 13.0 Å². The van der Waals surface area contributed by atoms with Crippen LogP contribution in [0.25, 0.3) is 0 Å². The van der Waals surface area contributed by atoms with E-state index in [4.69, 9.17) is 14.5 Å². The van der Waals surface area contributed by atoms with Crippen LogP contribution in [-0.4, -0.2) is 54.6 Å². The van der Waals surface area contributed by atoms with Crippen molar-refractivity contribution in [3.05, 3.63) is 47.0 Å². The molecule has 0 radical (unpaired) electrons. The van der Waals surface area contributed by atoms with E-state index in [9.17, 15) is 4.79 Å². The average molecular weight is 382 g/mol. The molecule has 2 aliphatic heterocycles. The highest BCUT2D eigenvalue weighted by molar-refractivity contribution is 5.97. The van der Waals surface area contributed by atoms with Crippen molar-refractivity contribution in [2.45, 2.75) is 31.7 Å². The summed E-state index contributed by atoms with van der Waals surface area (Å²) in [5.41, 5.74) is 2.60. The standard InChI is InChI=1S/C21H26N4O3/c1-27-16-5-6-19(28-2)17(10-16)21(26)25-9-7-18-15(13-25)12-23-20(24-18)14-4-3-8-22-11-14/h5-6,10,12,14,22H,3-4,7-9,11,13H2,1-2H3/t14-/m1/s1. The number of fused-ring (bicyclic) bond motifs is 1. The molecule has 1 aromatic carbocycles. The Kier molecular flexibility index (Phi) is 5.43. The van der Waals surface area contributed by atoms with Gasteiger partial charge >= 0.3 is 0 Å². The van der Waals surface area contributed by atoms with Gasteiger partial charge < -0.3 is 19.7 Å². The third kappa shape index (κ3) is 3.67. The highest BCUT2D eigenvalue weighted by Crippen LogP contribution is 2.28. The number of methoxy groups -OCH3 is 2. The number of hydrogen-bond donors (Lipinski definition) is 1. The Morgan fingerprint density at radius 3 is 2.93 bits per heavy atom. The van der Waals surface area contributed by atoms with E-state index >= 15 is 0 Å². The SMILES string of the molecule is COc1ccc(OC)c(C(=O)N2CCc3nc([C@@H]4CCCNC4)ncc3C2)c1. The van der Waals surface area contributed by atoms with E-state index in [1.54, 1.807) is 32.4 Å². The summed E-state index contributed by atoms with van der Waals surface area (Å²) in [6, 6.07) is 5.28. The van der Waals surface area contributed by atoms with Gasteiger partial charge in [0.1, 0.15) is 17.3 Å². The van der Waals surface area contributed by atoms with Crippen LogP contribution in [0.2, 0.25) is 0 Å². The molecule has 2 aliphatic rings. The van der Waals surface area contributed by atoms with Gasteiger partial charge in [-0.2, -0.15) is 0 Å². The molecule has 7 nitrogen and oxygen atoms in total. The van der Waals surface area contributed by atoms with Crippen LogP contribution in [0.1, 0.15) is 46.2 Å². The predicted octanol–water partition coefficient (Wildman–Crippen LogP) is 2.16. The first-order valence-electron chi connectivity index (χ1n) is 9.76. The molecule has 1 fully saturated rings. The zero-order chi connectivity index (χ0) is 19.5. The topological polar surface area (TPSA) is 76.6 Å². The van der Waals surface area contributed by atoms with Gasteiger partial charge in [0.25, 0.3) is 5.91 Å². The lowest BCUT2D eigenvalue weighted by molar-refractivity contribution is 0.0729. The zero-order valence-corrected chi connectivity index (χ0v) is 16.4. The quantitative estimate of drug-likeness (QED) is 0.873. The number of benzene rings is 1. The number of rotatable bonds is 4. The first kappa shape index (κ1) is 18.7. The number of aromatic nitrogens is 2. The van der Waals surface area contributed by atoms with Crippen molar-refractivity contribution < 1.29 is 14.3 Å². The molecule has 0 unspecified atom stereocenters. The fraction of sp³-hybridized carbons (Fsp3) is 0.476. The van der Waals surface area contributed by atoms with E-state index in [1.807, 2.05) is 11.1 Å². The smallest absolute Gasteiger partial charge is 0.258 e. The van der Waals surface area contributed by atoms with Crippen LogP contribution in [0.4, 0.5) is 0 Å². The van der Waals surface area contributed by atoms with Crippen molar-refractivity contribution in [3.8, 4) is 11.5 Å². The van der Waals surface area contributed by atoms with Crippen molar-refractivity contribution in [2.75, 3.05) is 33.9 Å². The average Bonchev–Trinajstić information content (AvgIpc) is 2.78. The normalized spacial score (nSPS) is 19.1. The van der Waals surface area contributed by atoms with Gasteiger partial charge in [0.05, 0.1) is 25.5 Å². The molecular weight excluding hydrogens is 356 g/mol. The minimum absolute atomic E-state index is 0.0676. The number of ether oxygens (including phenoxy) is 2. The van der Waals surface area contributed by atoms with Gasteiger partial charge in [-0.3, -0.25) is 4.79 Å². The molecule has 3 heterocycles. The fourth-order valence-electron chi connectivity index (χ4n) is 3.93. The van der Waals surface area contributed by atoms with Crippen molar-refractivity contribution in [1.82, 2.24) is 20.2 Å².